The second kappa shape index (κ2) is 8.98. The third-order valence-corrected chi connectivity index (χ3v) is 3.63. The molecule has 1 amide bonds. The van der Waals surface area contributed by atoms with Crippen LogP contribution in [0.4, 0.5) is 11.4 Å². The number of hydrogen-bond acceptors (Lipinski definition) is 5. The molecule has 0 aliphatic heterocycles. The fourth-order valence-corrected chi connectivity index (χ4v) is 2.17. The summed E-state index contributed by atoms with van der Waals surface area (Å²) in [4.78, 5) is 33.4. The molecule has 0 heterocycles. The van der Waals surface area contributed by atoms with Crippen LogP contribution < -0.4 is 5.32 Å². The molecule has 26 heavy (non-hydrogen) atoms. The first-order chi connectivity index (χ1) is 12.3. The zero-order chi connectivity index (χ0) is 19.1. The van der Waals surface area contributed by atoms with Crippen molar-refractivity contribution < 1.29 is 19.2 Å². The highest BCUT2D eigenvalue weighted by Crippen LogP contribution is 2.25. The van der Waals surface area contributed by atoms with Crippen molar-refractivity contribution in [2.24, 2.45) is 0 Å². The first-order valence-electron chi connectivity index (χ1n) is 7.19. The van der Waals surface area contributed by atoms with Gasteiger partial charge in [-0.05, 0) is 42.0 Å². The Kier molecular flexibility index (Phi) is 6.71. The lowest BCUT2D eigenvalue weighted by atomic mass is 10.2. The lowest BCUT2D eigenvalue weighted by Crippen LogP contribution is -2.20. The second-order valence-electron chi connectivity index (χ2n) is 4.96. The number of nitro benzene ring substituents is 1. The van der Waals surface area contributed by atoms with Gasteiger partial charge in [0.2, 0.25) is 0 Å². The van der Waals surface area contributed by atoms with Crippen molar-refractivity contribution in [1.82, 2.24) is 0 Å². The smallest absolute Gasteiger partial charge is 0.331 e. The summed E-state index contributed by atoms with van der Waals surface area (Å²) >= 11 is 11.7. The number of ether oxygens (including phenoxy) is 1. The molecule has 0 saturated carbocycles. The fraction of sp³-hybridized carbons (Fsp3) is 0.0588. The lowest BCUT2D eigenvalue weighted by molar-refractivity contribution is -0.384. The quantitative estimate of drug-likeness (QED) is 0.344. The Morgan fingerprint density at radius 2 is 1.85 bits per heavy atom. The van der Waals surface area contributed by atoms with Gasteiger partial charge in [-0.15, -0.1) is 0 Å². The minimum atomic E-state index is -0.740. The van der Waals surface area contributed by atoms with Gasteiger partial charge in [-0.1, -0.05) is 23.2 Å². The van der Waals surface area contributed by atoms with Crippen molar-refractivity contribution in [2.45, 2.75) is 0 Å². The molecular formula is C17H12Cl2N2O5. The van der Waals surface area contributed by atoms with Crippen molar-refractivity contribution >= 4 is 52.5 Å². The van der Waals surface area contributed by atoms with Crippen molar-refractivity contribution in [1.29, 1.82) is 0 Å². The van der Waals surface area contributed by atoms with Crippen LogP contribution in [0.2, 0.25) is 10.0 Å². The monoisotopic (exact) mass is 394 g/mol. The molecule has 0 unspecified atom stereocenters. The number of nitro groups is 1. The van der Waals surface area contributed by atoms with Gasteiger partial charge in [-0.25, -0.2) is 4.79 Å². The summed E-state index contributed by atoms with van der Waals surface area (Å²) in [7, 11) is 0. The topological polar surface area (TPSA) is 98.5 Å². The molecule has 1 N–H and O–H groups in total. The number of rotatable bonds is 6. The van der Waals surface area contributed by atoms with Gasteiger partial charge in [0, 0.05) is 23.2 Å². The zero-order valence-electron chi connectivity index (χ0n) is 13.1. The number of anilines is 1. The van der Waals surface area contributed by atoms with Gasteiger partial charge in [0.25, 0.3) is 11.6 Å². The van der Waals surface area contributed by atoms with E-state index < -0.39 is 23.4 Å². The molecular weight excluding hydrogens is 383 g/mol. The van der Waals surface area contributed by atoms with E-state index in [0.717, 1.165) is 6.08 Å². The molecule has 0 atom stereocenters. The number of benzene rings is 2. The second-order valence-corrected chi connectivity index (χ2v) is 5.81. The number of nitrogens with one attached hydrogen (secondary N) is 1. The third kappa shape index (κ3) is 5.87. The zero-order valence-corrected chi connectivity index (χ0v) is 14.7. The number of non-ortho nitro benzene ring substituents is 1. The maximum Gasteiger partial charge on any atom is 0.331 e. The van der Waals surface area contributed by atoms with E-state index in [0.29, 0.717) is 21.3 Å². The van der Waals surface area contributed by atoms with Crippen LogP contribution in [0.3, 0.4) is 0 Å². The van der Waals surface area contributed by atoms with E-state index in [1.165, 1.54) is 42.5 Å². The molecule has 0 fully saturated rings. The minimum absolute atomic E-state index is 0.0546. The number of amides is 1. The Morgan fingerprint density at radius 1 is 1.15 bits per heavy atom. The summed E-state index contributed by atoms with van der Waals surface area (Å²) in [6.45, 7) is -0.508. The number of hydrogen-bond donors (Lipinski definition) is 1. The van der Waals surface area contributed by atoms with Gasteiger partial charge in [-0.2, -0.15) is 0 Å². The Hall–Kier alpha value is -2.90. The number of esters is 1. The third-order valence-electron chi connectivity index (χ3n) is 3.06. The van der Waals surface area contributed by atoms with Gasteiger partial charge in [-0.3, -0.25) is 14.9 Å². The number of nitrogens with zero attached hydrogens (tertiary/aromatic N) is 1. The van der Waals surface area contributed by atoms with Gasteiger partial charge < -0.3 is 10.1 Å². The maximum absolute atomic E-state index is 11.8. The Morgan fingerprint density at radius 3 is 2.50 bits per heavy atom. The fourth-order valence-electron chi connectivity index (χ4n) is 1.84. The largest absolute Gasteiger partial charge is 0.452 e. The number of carbonyl (C=O) groups is 2. The molecule has 134 valence electrons. The van der Waals surface area contributed by atoms with Crippen molar-refractivity contribution in [3.63, 3.8) is 0 Å². The normalized spacial score (nSPS) is 10.5. The van der Waals surface area contributed by atoms with E-state index in [9.17, 15) is 19.7 Å². The van der Waals surface area contributed by atoms with Crippen molar-refractivity contribution in [2.75, 3.05) is 11.9 Å². The molecule has 0 aromatic heterocycles. The van der Waals surface area contributed by atoms with Crippen molar-refractivity contribution in [3.8, 4) is 0 Å². The number of carbonyl (C=O) groups excluding carboxylic acids is 2. The van der Waals surface area contributed by atoms with E-state index in [1.54, 1.807) is 6.07 Å². The highest BCUT2D eigenvalue weighted by Gasteiger charge is 2.09. The lowest BCUT2D eigenvalue weighted by Gasteiger charge is -2.07. The van der Waals surface area contributed by atoms with Crippen LogP contribution in [-0.2, 0) is 14.3 Å². The van der Waals surface area contributed by atoms with Crippen molar-refractivity contribution in [3.05, 3.63) is 74.3 Å². The maximum atomic E-state index is 11.8. The minimum Gasteiger partial charge on any atom is -0.452 e. The van der Waals surface area contributed by atoms with Crippen LogP contribution in [0.5, 0.6) is 0 Å². The Balaban J connectivity index is 1.84. The van der Waals surface area contributed by atoms with Crippen LogP contribution in [-0.4, -0.2) is 23.4 Å². The number of halogens is 2. The molecule has 7 nitrogen and oxygen atoms in total. The van der Waals surface area contributed by atoms with Crippen LogP contribution >= 0.6 is 23.2 Å². The molecule has 0 aliphatic carbocycles. The average Bonchev–Trinajstić information content (AvgIpc) is 2.61. The Labute approximate surface area is 158 Å². The predicted molar refractivity (Wildman–Crippen MR) is 98.2 cm³/mol. The highest BCUT2D eigenvalue weighted by molar-refractivity contribution is 6.35. The van der Waals surface area contributed by atoms with E-state index in [2.05, 4.69) is 5.32 Å². The van der Waals surface area contributed by atoms with Gasteiger partial charge in [0.1, 0.15) is 0 Å². The van der Waals surface area contributed by atoms with Crippen LogP contribution in [0.1, 0.15) is 5.56 Å². The van der Waals surface area contributed by atoms with E-state index in [-0.39, 0.29) is 5.69 Å². The van der Waals surface area contributed by atoms with Crippen LogP contribution in [0.15, 0.2) is 48.5 Å². The van der Waals surface area contributed by atoms with E-state index in [4.69, 9.17) is 27.9 Å². The predicted octanol–water partition coefficient (Wildman–Crippen LogP) is 4.10. The summed E-state index contributed by atoms with van der Waals surface area (Å²) < 4.78 is 4.81. The molecule has 0 radical (unpaired) electrons. The van der Waals surface area contributed by atoms with Gasteiger partial charge in [0.05, 0.1) is 15.6 Å². The Bertz CT molecular complexity index is 866. The molecule has 0 bridgehead atoms. The van der Waals surface area contributed by atoms with Crippen LogP contribution in [0.25, 0.3) is 6.08 Å². The SMILES string of the molecule is O=C(COC(=O)/C=C/c1ccc([N+](=O)[O-])cc1)Nc1cc(Cl)ccc1Cl. The van der Waals surface area contributed by atoms with Gasteiger partial charge in [0.15, 0.2) is 6.61 Å². The summed E-state index contributed by atoms with van der Waals surface area (Å²) in [5, 5.41) is 13.7. The van der Waals surface area contributed by atoms with E-state index >= 15 is 0 Å². The average molecular weight is 395 g/mol. The van der Waals surface area contributed by atoms with E-state index in [1.807, 2.05) is 0 Å². The van der Waals surface area contributed by atoms with Crippen LogP contribution in [0, 0.1) is 10.1 Å². The molecule has 2 aromatic carbocycles. The molecule has 9 heteroatoms. The standard InChI is InChI=1S/C17H12Cl2N2O5/c18-12-4-7-14(19)15(9-12)20-16(22)10-26-17(23)8-3-11-1-5-13(6-2-11)21(24)25/h1-9H,10H2,(H,20,22)/b8-3+. The summed E-state index contributed by atoms with van der Waals surface area (Å²) in [5.74, 6) is -1.32. The summed E-state index contributed by atoms with van der Waals surface area (Å²) in [6.07, 6.45) is 2.53. The molecule has 2 aromatic rings. The highest BCUT2D eigenvalue weighted by atomic mass is 35.5. The molecule has 0 saturated heterocycles. The first kappa shape index (κ1) is 19.4. The first-order valence-corrected chi connectivity index (χ1v) is 7.95. The summed E-state index contributed by atoms with van der Waals surface area (Å²) in [6, 6.07) is 10.2. The molecule has 0 aliphatic rings. The summed E-state index contributed by atoms with van der Waals surface area (Å²) in [5.41, 5.74) is 0.824. The van der Waals surface area contributed by atoms with Gasteiger partial charge >= 0.3 is 5.97 Å². The molecule has 0 spiro atoms. The molecule has 2 rings (SSSR count).